The van der Waals surface area contributed by atoms with E-state index in [2.05, 4.69) is 42.2 Å². The Balaban J connectivity index is 1.56. The molecule has 10 atom stereocenters. The molecule has 1 aliphatic rings. The lowest BCUT2D eigenvalue weighted by atomic mass is 10.0. The van der Waals surface area contributed by atoms with Crippen molar-refractivity contribution in [1.29, 1.82) is 0 Å². The molecule has 1 aliphatic heterocycles. The summed E-state index contributed by atoms with van der Waals surface area (Å²) in [5.41, 5.74) is 14.8. The first-order chi connectivity index (χ1) is 34.4. The van der Waals surface area contributed by atoms with E-state index in [9.17, 15) is 54.0 Å². The summed E-state index contributed by atoms with van der Waals surface area (Å²) in [5, 5.41) is 60.9. The maximum Gasteiger partial charge on any atom is 0.328 e. The molecule has 0 bridgehead atoms. The molecule has 1 fully saturated rings. The molecular weight excluding hydrogens is 969 g/mol. The quantitative estimate of drug-likeness (QED) is 0.0467. The van der Waals surface area contributed by atoms with Gasteiger partial charge in [-0.3, -0.25) is 28.8 Å². The predicted octanol–water partition coefficient (Wildman–Crippen LogP) is -0.534. The number of phenols is 1. The van der Waals surface area contributed by atoms with Crippen molar-refractivity contribution in [3.05, 3.63) is 102 Å². The molecule has 21 nitrogen and oxygen atoms in total. The van der Waals surface area contributed by atoms with Crippen LogP contribution in [0.2, 0.25) is 0 Å². The van der Waals surface area contributed by atoms with Gasteiger partial charge < -0.3 is 74.1 Å². The van der Waals surface area contributed by atoms with Gasteiger partial charge in [0.25, 0.3) is 0 Å². The van der Waals surface area contributed by atoms with Crippen LogP contribution in [0.3, 0.4) is 0 Å². The van der Waals surface area contributed by atoms with Crippen molar-refractivity contribution in [2.75, 3.05) is 24.6 Å². The van der Waals surface area contributed by atoms with Crippen LogP contribution in [0.25, 0.3) is 10.9 Å². The Labute approximate surface area is 424 Å². The summed E-state index contributed by atoms with van der Waals surface area (Å²) in [6.45, 7) is 2.65. The van der Waals surface area contributed by atoms with Crippen LogP contribution in [-0.4, -0.2) is 152 Å². The average Bonchev–Trinajstić information content (AvgIpc) is 3.76. The van der Waals surface area contributed by atoms with Gasteiger partial charge in [-0.15, -0.1) is 0 Å². The number of nitrogens with two attached hydrogens (primary N) is 2. The number of phenolic OH excluding ortho intramolecular Hbond substituents is 1. The summed E-state index contributed by atoms with van der Waals surface area (Å²) in [5.74, 6) is -6.40. The molecule has 4 aromatic rings. The molecule has 0 spiro atoms. The van der Waals surface area contributed by atoms with Crippen molar-refractivity contribution >= 4 is 73.9 Å². The number of aromatic amines is 1. The zero-order valence-corrected chi connectivity index (χ0v) is 41.7. The third kappa shape index (κ3) is 17.2. The molecule has 0 aliphatic carbocycles. The monoisotopic (exact) mass is 1030 g/mol. The topological polar surface area (TPSA) is 352 Å². The summed E-state index contributed by atoms with van der Waals surface area (Å²) in [6, 6.07) is 11.8. The van der Waals surface area contributed by atoms with Crippen LogP contribution in [0.5, 0.6) is 5.75 Å². The second-order valence-electron chi connectivity index (χ2n) is 17.7. The lowest BCUT2D eigenvalue weighted by molar-refractivity contribution is -0.145. The molecule has 6 amide bonds. The minimum absolute atomic E-state index is 0.0487. The van der Waals surface area contributed by atoms with Gasteiger partial charge in [0, 0.05) is 48.0 Å². The number of fused-ring (bicyclic) bond motifs is 1. The normalized spacial score (nSPS) is 22.7. The van der Waals surface area contributed by atoms with Crippen molar-refractivity contribution in [1.82, 2.24) is 42.2 Å². The molecule has 72 heavy (non-hydrogen) atoms. The van der Waals surface area contributed by atoms with E-state index >= 15 is 0 Å². The van der Waals surface area contributed by atoms with Gasteiger partial charge in [0.2, 0.25) is 35.4 Å². The third-order valence-electron chi connectivity index (χ3n) is 12.0. The van der Waals surface area contributed by atoms with Crippen LogP contribution < -0.4 is 48.7 Å². The van der Waals surface area contributed by atoms with Crippen molar-refractivity contribution in [3.8, 4) is 5.75 Å². The summed E-state index contributed by atoms with van der Waals surface area (Å²) in [6.07, 6.45) is -0.132. The van der Waals surface area contributed by atoms with Crippen LogP contribution >= 0.6 is 21.6 Å². The van der Waals surface area contributed by atoms with E-state index in [1.165, 1.54) is 26.0 Å². The van der Waals surface area contributed by atoms with Crippen LogP contribution in [0.15, 0.2) is 85.1 Å². The predicted molar refractivity (Wildman–Crippen MR) is 274 cm³/mol. The number of para-hydroxylation sites is 1. The second-order valence-corrected chi connectivity index (χ2v) is 20.3. The highest BCUT2D eigenvalue weighted by Gasteiger charge is 2.35. The molecule has 2 heterocycles. The molecule has 4 unspecified atom stereocenters. The van der Waals surface area contributed by atoms with E-state index in [1.54, 1.807) is 42.6 Å². The second kappa shape index (κ2) is 28.1. The number of carboxylic acids is 1. The number of aliphatic hydroxyl groups excluding tert-OH is 2. The van der Waals surface area contributed by atoms with Gasteiger partial charge in [-0.2, -0.15) is 0 Å². The number of aromatic hydroxyl groups is 1. The number of unbranched alkanes of at least 4 members (excludes halogenated alkanes) is 1. The van der Waals surface area contributed by atoms with Crippen molar-refractivity contribution in [3.63, 3.8) is 0 Å². The standard InChI is InChI=1S/C49H66N10O11S2/c1-27(60)39-24-53-40(47(67)59-42(28(2)61)49(69)70)25-71-72-26-41(58-43(63)34(51)20-29-10-4-3-5-11-29)48(68)55-37(21-30-15-17-32(62)18-16-30)45(65)56-38(22-31-23-52-35-13-7-6-12-33(31)35)46(66)54-36(44(64)57-39)14-8-9-19-50/h3-7,10-13,15-18,23,27-28,34,36-42,52-53,60-62H,8-9,14,19-22,24-26,50-51H2,1-2H3,(H,54,66)(H,55,68)(H,56,65)(H,57,64)(H,58,63)(H,59,67)(H,69,70)/t27?,28?,34-,36+,37+,38-,39-,40?,41?,42+/m1/s1. The number of rotatable bonds is 17. The highest BCUT2D eigenvalue weighted by Crippen LogP contribution is 2.24. The highest BCUT2D eigenvalue weighted by molar-refractivity contribution is 8.76. The molecule has 5 rings (SSSR count). The molecule has 3 aromatic carbocycles. The van der Waals surface area contributed by atoms with Gasteiger partial charge in [0.05, 0.1) is 30.3 Å². The van der Waals surface area contributed by atoms with E-state index in [-0.39, 0.29) is 49.5 Å². The number of hydrogen-bond donors (Lipinski definition) is 14. The van der Waals surface area contributed by atoms with Gasteiger partial charge in [-0.1, -0.05) is 82.3 Å². The molecule has 1 aromatic heterocycles. The van der Waals surface area contributed by atoms with Gasteiger partial charge >= 0.3 is 5.97 Å². The Bertz CT molecular complexity index is 2450. The lowest BCUT2D eigenvalue weighted by Crippen LogP contribution is -2.61. The summed E-state index contributed by atoms with van der Waals surface area (Å²) >= 11 is 0. The zero-order valence-electron chi connectivity index (χ0n) is 40.0. The third-order valence-corrected chi connectivity index (χ3v) is 14.4. The molecule has 0 saturated carbocycles. The smallest absolute Gasteiger partial charge is 0.328 e. The minimum Gasteiger partial charge on any atom is -0.508 e. The Morgan fingerprint density at radius 3 is 2.06 bits per heavy atom. The maximum absolute atomic E-state index is 14.7. The molecule has 1 saturated heterocycles. The Morgan fingerprint density at radius 1 is 0.764 bits per heavy atom. The minimum atomic E-state index is -1.70. The molecule has 0 radical (unpaired) electrons. The molecule has 390 valence electrons. The number of H-pyrrole nitrogens is 1. The number of aromatic nitrogens is 1. The number of aliphatic carboxylic acids is 1. The number of nitrogens with one attached hydrogen (secondary N) is 8. The Kier molecular flexibility index (Phi) is 22.2. The van der Waals surface area contributed by atoms with Crippen molar-refractivity contribution in [2.24, 2.45) is 11.5 Å². The number of amides is 6. The van der Waals surface area contributed by atoms with Gasteiger partial charge in [-0.25, -0.2) is 4.79 Å². The van der Waals surface area contributed by atoms with E-state index < -0.39 is 102 Å². The highest BCUT2D eigenvalue weighted by atomic mass is 33.1. The average molecular weight is 1040 g/mol. The van der Waals surface area contributed by atoms with Crippen LogP contribution in [0.1, 0.15) is 49.8 Å². The van der Waals surface area contributed by atoms with Gasteiger partial charge in [0.1, 0.15) is 29.9 Å². The van der Waals surface area contributed by atoms with Crippen molar-refractivity contribution < 1.29 is 54.0 Å². The first-order valence-electron chi connectivity index (χ1n) is 23.6. The van der Waals surface area contributed by atoms with Crippen LogP contribution in [0, 0.1) is 0 Å². The van der Waals surface area contributed by atoms with Crippen molar-refractivity contribution in [2.45, 2.75) is 113 Å². The zero-order chi connectivity index (χ0) is 52.3. The SMILES string of the molecule is CC(O)[C@H](NC(=O)C1CSSCC(NC(=O)[C@H](N)Cc2ccccc2)C(=O)N[C@@H](Cc2ccc(O)cc2)C(=O)N[C@H](Cc2c[nH]c3ccccc23)C(=O)N[C@@H](CCCCN)C(=O)N[C@@H](C(C)O)CN1)C(=O)O. The van der Waals surface area contributed by atoms with Gasteiger partial charge in [-0.05, 0) is 81.0 Å². The van der Waals surface area contributed by atoms with E-state index in [4.69, 9.17) is 11.5 Å². The Hall–Kier alpha value is -6.21. The summed E-state index contributed by atoms with van der Waals surface area (Å²) < 4.78 is 0. The fraction of sp³-hybridized carbons (Fsp3) is 0.449. The first kappa shape index (κ1) is 56.7. The number of benzene rings is 3. The summed E-state index contributed by atoms with van der Waals surface area (Å²) in [4.78, 5) is 101. The van der Waals surface area contributed by atoms with E-state index in [0.29, 0.717) is 30.5 Å². The maximum atomic E-state index is 14.7. The van der Waals surface area contributed by atoms with Crippen LogP contribution in [0.4, 0.5) is 0 Å². The fourth-order valence-electron chi connectivity index (χ4n) is 7.80. The number of hydrogen-bond acceptors (Lipinski definition) is 15. The van der Waals surface area contributed by atoms with Gasteiger partial charge in [0.15, 0.2) is 6.04 Å². The first-order valence-corrected chi connectivity index (χ1v) is 26.1. The number of carbonyl (C=O) groups excluding carboxylic acids is 6. The van der Waals surface area contributed by atoms with Crippen LogP contribution in [-0.2, 0) is 52.8 Å². The largest absolute Gasteiger partial charge is 0.508 e. The molecular formula is C49H66N10O11S2. The molecule has 23 heteroatoms. The summed E-state index contributed by atoms with van der Waals surface area (Å²) in [7, 11) is 2.12. The fourth-order valence-corrected chi connectivity index (χ4v) is 10.2. The number of carboxylic acid groups (broad SMARTS) is 1. The Morgan fingerprint density at radius 2 is 1.39 bits per heavy atom. The van der Waals surface area contributed by atoms with E-state index in [0.717, 1.165) is 38.1 Å². The molecule has 16 N–H and O–H groups in total. The van der Waals surface area contributed by atoms with E-state index in [1.807, 2.05) is 30.3 Å². The number of carbonyl (C=O) groups is 7. The number of aliphatic hydroxyl groups is 2. The lowest BCUT2D eigenvalue weighted by Gasteiger charge is -2.29.